The number of hydrogen-bond acceptors (Lipinski definition) is 3. The molecule has 23 heavy (non-hydrogen) atoms. The first-order chi connectivity index (χ1) is 10.9. The van der Waals surface area contributed by atoms with E-state index in [-0.39, 0.29) is 5.91 Å². The zero-order valence-corrected chi connectivity index (χ0v) is 13.7. The van der Waals surface area contributed by atoms with Crippen LogP contribution in [0.3, 0.4) is 0 Å². The zero-order valence-electron chi connectivity index (χ0n) is 12.9. The number of nitrogens with one attached hydrogen (secondary N) is 1. The lowest BCUT2D eigenvalue weighted by Gasteiger charge is -2.10. The molecule has 0 aromatic heterocycles. The first-order valence-electron chi connectivity index (χ1n) is 6.95. The molecule has 0 aliphatic rings. The van der Waals surface area contributed by atoms with Crippen molar-refractivity contribution in [1.29, 1.82) is 0 Å². The summed E-state index contributed by atoms with van der Waals surface area (Å²) in [6, 6.07) is 15.4. The highest BCUT2D eigenvalue weighted by Gasteiger charge is 2.09. The monoisotopic (exact) mass is 330 g/mol. The molecule has 0 saturated carbocycles. The molecule has 0 spiro atoms. The first kappa shape index (κ1) is 16.8. The molecule has 2 aromatic rings. The smallest absolute Gasteiger partial charge is 0.255 e. The fourth-order valence-corrected chi connectivity index (χ4v) is 2.74. The normalized spacial score (nSPS) is 11.4. The third-order valence-electron chi connectivity index (χ3n) is 3.04. The Labute approximate surface area is 136 Å². The fraction of sp³-hybridized carbons (Fsp3) is 0.118. The number of rotatable bonds is 5. The lowest BCUT2D eigenvalue weighted by atomic mass is 10.2. The number of amides is 1. The van der Waals surface area contributed by atoms with E-state index in [1.54, 1.807) is 38.4 Å². The van der Waals surface area contributed by atoms with Gasteiger partial charge in [0.15, 0.2) is 0 Å². The minimum atomic E-state index is -3.61. The Hall–Kier alpha value is -2.60. The Morgan fingerprint density at radius 3 is 2.17 bits per heavy atom. The van der Waals surface area contributed by atoms with Crippen LogP contribution in [0.1, 0.15) is 15.9 Å². The van der Waals surface area contributed by atoms with E-state index < -0.39 is 10.0 Å². The van der Waals surface area contributed by atoms with Gasteiger partial charge in [-0.25, -0.2) is 8.42 Å². The lowest BCUT2D eigenvalue weighted by Crippen LogP contribution is -2.21. The van der Waals surface area contributed by atoms with Crippen LogP contribution in [0.25, 0.3) is 6.08 Å². The number of sulfonamides is 1. The molecule has 0 saturated heterocycles. The average molecular weight is 330 g/mol. The van der Waals surface area contributed by atoms with E-state index in [0.29, 0.717) is 11.3 Å². The van der Waals surface area contributed by atoms with E-state index in [0.717, 1.165) is 11.0 Å². The van der Waals surface area contributed by atoms with Crippen LogP contribution >= 0.6 is 0 Å². The van der Waals surface area contributed by atoms with E-state index in [1.165, 1.54) is 11.0 Å². The number of carbonyl (C=O) groups excluding carboxylic acids is 1. The zero-order chi connectivity index (χ0) is 16.9. The van der Waals surface area contributed by atoms with Gasteiger partial charge in [-0.15, -0.1) is 0 Å². The van der Waals surface area contributed by atoms with Gasteiger partial charge in [0.1, 0.15) is 0 Å². The van der Waals surface area contributed by atoms with Gasteiger partial charge in [0.2, 0.25) is 0 Å². The summed E-state index contributed by atoms with van der Waals surface area (Å²) >= 11 is 0. The van der Waals surface area contributed by atoms with Crippen LogP contribution in [0.4, 0.5) is 5.69 Å². The molecular formula is C17H18N2O3S. The summed E-state index contributed by atoms with van der Waals surface area (Å²) in [5.41, 5.74) is 1.69. The second-order valence-electron chi connectivity index (χ2n) is 5.14. The summed E-state index contributed by atoms with van der Waals surface area (Å²) in [6.45, 7) is 0. The maximum absolute atomic E-state index is 12.0. The van der Waals surface area contributed by atoms with Gasteiger partial charge < -0.3 is 4.90 Å². The van der Waals surface area contributed by atoms with Gasteiger partial charge in [-0.1, -0.05) is 30.3 Å². The van der Waals surface area contributed by atoms with Crippen molar-refractivity contribution in [2.75, 3.05) is 18.8 Å². The number of anilines is 1. The molecule has 2 rings (SSSR count). The Kier molecular flexibility index (Phi) is 5.18. The number of benzene rings is 2. The number of nitrogens with zero attached hydrogens (tertiary/aromatic N) is 1. The van der Waals surface area contributed by atoms with Gasteiger partial charge in [-0.05, 0) is 35.9 Å². The van der Waals surface area contributed by atoms with Crippen LogP contribution in [0.5, 0.6) is 0 Å². The third-order valence-corrected chi connectivity index (χ3v) is 4.05. The largest absolute Gasteiger partial charge is 0.345 e. The highest BCUT2D eigenvalue weighted by molar-refractivity contribution is 7.95. The summed E-state index contributed by atoms with van der Waals surface area (Å²) in [5, 5.41) is 1.11. The lowest BCUT2D eigenvalue weighted by molar-refractivity contribution is 0.0827. The van der Waals surface area contributed by atoms with Crippen LogP contribution < -0.4 is 4.72 Å². The molecule has 0 fully saturated rings. The van der Waals surface area contributed by atoms with Crippen LogP contribution in [0, 0.1) is 0 Å². The van der Waals surface area contributed by atoms with E-state index in [4.69, 9.17) is 0 Å². The highest BCUT2D eigenvalue weighted by atomic mass is 32.2. The van der Waals surface area contributed by atoms with Crippen molar-refractivity contribution in [3.05, 3.63) is 71.1 Å². The molecular weight excluding hydrogens is 312 g/mol. The van der Waals surface area contributed by atoms with Crippen LogP contribution in [0.15, 0.2) is 60.0 Å². The van der Waals surface area contributed by atoms with Crippen molar-refractivity contribution < 1.29 is 13.2 Å². The van der Waals surface area contributed by atoms with Crippen LogP contribution in [0.2, 0.25) is 0 Å². The Morgan fingerprint density at radius 1 is 1.00 bits per heavy atom. The molecule has 0 heterocycles. The van der Waals surface area contributed by atoms with Crippen molar-refractivity contribution in [3.8, 4) is 0 Å². The fourth-order valence-electron chi connectivity index (χ4n) is 1.87. The minimum absolute atomic E-state index is 0.136. The summed E-state index contributed by atoms with van der Waals surface area (Å²) in [7, 11) is -0.288. The van der Waals surface area contributed by atoms with Gasteiger partial charge in [-0.2, -0.15) is 0 Å². The summed E-state index contributed by atoms with van der Waals surface area (Å²) in [4.78, 5) is 13.2. The molecule has 1 N–H and O–H groups in total. The second kappa shape index (κ2) is 7.11. The Bertz CT molecular complexity index is 795. The van der Waals surface area contributed by atoms with Crippen molar-refractivity contribution in [3.63, 3.8) is 0 Å². The molecule has 5 nitrogen and oxygen atoms in total. The van der Waals surface area contributed by atoms with Crippen molar-refractivity contribution >= 4 is 27.7 Å². The standard InChI is InChI=1S/C17H18N2O3S/c1-19(2)17(20)15-8-10-16(11-9-15)18-23(21,22)13-12-14-6-4-3-5-7-14/h3-13,18H,1-2H3/b13-12+. The highest BCUT2D eigenvalue weighted by Crippen LogP contribution is 2.13. The maximum atomic E-state index is 12.0. The van der Waals surface area contributed by atoms with Gasteiger partial charge in [0.25, 0.3) is 15.9 Å². The van der Waals surface area contributed by atoms with Gasteiger partial charge in [-0.3, -0.25) is 9.52 Å². The van der Waals surface area contributed by atoms with Gasteiger partial charge >= 0.3 is 0 Å². The topological polar surface area (TPSA) is 66.5 Å². The molecule has 0 bridgehead atoms. The van der Waals surface area contributed by atoms with Crippen molar-refractivity contribution in [2.24, 2.45) is 0 Å². The van der Waals surface area contributed by atoms with E-state index >= 15 is 0 Å². The third kappa shape index (κ3) is 4.96. The van der Waals surface area contributed by atoms with E-state index in [2.05, 4.69) is 4.72 Å². The van der Waals surface area contributed by atoms with Crippen molar-refractivity contribution in [1.82, 2.24) is 4.90 Å². The molecule has 2 aromatic carbocycles. The molecule has 1 amide bonds. The average Bonchev–Trinajstić information content (AvgIpc) is 2.54. The maximum Gasteiger partial charge on any atom is 0.255 e. The number of carbonyl (C=O) groups is 1. The van der Waals surface area contributed by atoms with E-state index in [1.807, 2.05) is 30.3 Å². The van der Waals surface area contributed by atoms with Crippen LogP contribution in [-0.4, -0.2) is 33.3 Å². The Morgan fingerprint density at radius 2 is 1.61 bits per heavy atom. The molecule has 0 aliphatic carbocycles. The molecule has 120 valence electrons. The summed E-state index contributed by atoms with van der Waals surface area (Å²) in [5.74, 6) is -0.136. The molecule has 0 unspecified atom stereocenters. The first-order valence-corrected chi connectivity index (χ1v) is 8.50. The van der Waals surface area contributed by atoms with Crippen LogP contribution in [-0.2, 0) is 10.0 Å². The molecule has 0 atom stereocenters. The molecule has 6 heteroatoms. The van der Waals surface area contributed by atoms with Gasteiger partial charge in [0.05, 0.1) is 5.41 Å². The minimum Gasteiger partial charge on any atom is -0.345 e. The molecule has 0 aliphatic heterocycles. The van der Waals surface area contributed by atoms with Crippen molar-refractivity contribution in [2.45, 2.75) is 0 Å². The molecule has 0 radical (unpaired) electrons. The van der Waals surface area contributed by atoms with E-state index in [9.17, 15) is 13.2 Å². The quantitative estimate of drug-likeness (QED) is 0.917. The van der Waals surface area contributed by atoms with Gasteiger partial charge in [0, 0.05) is 25.3 Å². The number of hydrogen-bond donors (Lipinski definition) is 1. The summed E-state index contributed by atoms with van der Waals surface area (Å²) < 4.78 is 26.5. The SMILES string of the molecule is CN(C)C(=O)c1ccc(NS(=O)(=O)/C=C/c2ccccc2)cc1. The summed E-state index contributed by atoms with van der Waals surface area (Å²) in [6.07, 6.45) is 1.52. The Balaban J connectivity index is 2.09. The predicted octanol–water partition coefficient (Wildman–Crippen LogP) is 2.80. The second-order valence-corrected chi connectivity index (χ2v) is 6.70. The predicted molar refractivity (Wildman–Crippen MR) is 92.5 cm³/mol.